The highest BCUT2D eigenvalue weighted by molar-refractivity contribution is 4.88. The predicted octanol–water partition coefficient (Wildman–Crippen LogP) is 9.19. The number of hydrogen-bond acceptors (Lipinski definition) is 1. The monoisotopic (exact) mass is 430 g/mol. The van der Waals surface area contributed by atoms with Crippen LogP contribution in [0.25, 0.3) is 0 Å². The number of rotatable bonds is 8. The maximum Gasteiger partial charge on any atom is 0.0571 e. The van der Waals surface area contributed by atoms with E-state index in [1.807, 2.05) is 7.11 Å². The van der Waals surface area contributed by atoms with Gasteiger partial charge < -0.3 is 4.74 Å². The van der Waals surface area contributed by atoms with Crippen molar-refractivity contribution in [2.45, 2.75) is 141 Å². The van der Waals surface area contributed by atoms with E-state index in [9.17, 15) is 0 Å². The third-order valence-corrected chi connectivity index (χ3v) is 10.8. The summed E-state index contributed by atoms with van der Waals surface area (Å²) in [5.74, 6) is 7.53. The van der Waals surface area contributed by atoms with Gasteiger partial charge in [0.1, 0.15) is 0 Å². The van der Waals surface area contributed by atoms with Crippen LogP contribution in [0.2, 0.25) is 0 Å². The summed E-state index contributed by atoms with van der Waals surface area (Å²) in [5.41, 5.74) is 0. The van der Waals surface area contributed by atoms with Gasteiger partial charge in [-0.3, -0.25) is 0 Å². The lowest BCUT2D eigenvalue weighted by Crippen LogP contribution is -2.32. The molecule has 0 unspecified atom stereocenters. The Balaban J connectivity index is 1.11. The zero-order chi connectivity index (χ0) is 21.5. The van der Waals surface area contributed by atoms with Crippen molar-refractivity contribution >= 4 is 0 Å². The second kappa shape index (κ2) is 12.4. The minimum Gasteiger partial charge on any atom is -0.381 e. The van der Waals surface area contributed by atoms with E-state index in [0.717, 1.165) is 41.4 Å². The molecule has 180 valence electrons. The predicted molar refractivity (Wildman–Crippen MR) is 133 cm³/mol. The van der Waals surface area contributed by atoms with Crippen molar-refractivity contribution in [2.24, 2.45) is 41.4 Å². The molecule has 0 aromatic carbocycles. The van der Waals surface area contributed by atoms with Gasteiger partial charge in [-0.15, -0.1) is 0 Å². The Hall–Kier alpha value is -0.0400. The van der Waals surface area contributed by atoms with Crippen molar-refractivity contribution in [1.29, 1.82) is 0 Å². The summed E-state index contributed by atoms with van der Waals surface area (Å²) in [7, 11) is 1.91. The van der Waals surface area contributed by atoms with Gasteiger partial charge >= 0.3 is 0 Å². The standard InChI is InChI=1S/C30H54O/c1-3-4-5-6-23-7-9-24(10-8-23)25-11-13-26(14-12-25)27-15-17-28(18-16-27)29-19-21-30(31-2)22-20-29/h23-30H,3-22H2,1-2H3. The van der Waals surface area contributed by atoms with E-state index in [1.165, 1.54) is 51.4 Å². The molecule has 4 aliphatic rings. The maximum atomic E-state index is 5.60. The highest BCUT2D eigenvalue weighted by atomic mass is 16.5. The molecule has 4 rings (SSSR count). The molecule has 0 radical (unpaired) electrons. The van der Waals surface area contributed by atoms with E-state index in [1.54, 1.807) is 77.0 Å². The zero-order valence-corrected chi connectivity index (χ0v) is 21.2. The molecule has 0 aromatic heterocycles. The Labute approximate surface area is 194 Å². The molecule has 1 heteroatoms. The van der Waals surface area contributed by atoms with E-state index in [4.69, 9.17) is 4.74 Å². The lowest BCUT2D eigenvalue weighted by Gasteiger charge is -2.43. The molecule has 4 fully saturated rings. The third kappa shape index (κ3) is 6.74. The minimum absolute atomic E-state index is 0.568. The van der Waals surface area contributed by atoms with Crippen LogP contribution in [0.3, 0.4) is 0 Å². The van der Waals surface area contributed by atoms with Crippen LogP contribution < -0.4 is 0 Å². The fraction of sp³-hybridized carbons (Fsp3) is 1.00. The molecule has 0 aromatic rings. The molecular weight excluding hydrogens is 376 g/mol. The summed E-state index contributed by atoms with van der Waals surface area (Å²) in [4.78, 5) is 0. The van der Waals surface area contributed by atoms with E-state index in [2.05, 4.69) is 6.92 Å². The first-order valence-electron chi connectivity index (χ1n) is 14.8. The van der Waals surface area contributed by atoms with Gasteiger partial charge in [0.2, 0.25) is 0 Å². The molecule has 0 saturated heterocycles. The van der Waals surface area contributed by atoms with Gasteiger partial charge in [0.05, 0.1) is 6.10 Å². The van der Waals surface area contributed by atoms with Crippen molar-refractivity contribution in [3.63, 3.8) is 0 Å². The molecule has 0 bridgehead atoms. The van der Waals surface area contributed by atoms with Crippen LogP contribution in [0.1, 0.15) is 135 Å². The van der Waals surface area contributed by atoms with Crippen LogP contribution >= 0.6 is 0 Å². The second-order valence-corrected chi connectivity index (χ2v) is 12.4. The van der Waals surface area contributed by atoms with Crippen LogP contribution in [0.5, 0.6) is 0 Å². The van der Waals surface area contributed by atoms with Crippen LogP contribution in [-0.2, 0) is 4.74 Å². The Kier molecular flexibility index (Phi) is 9.66. The molecular formula is C30H54O. The molecule has 1 nitrogen and oxygen atoms in total. The van der Waals surface area contributed by atoms with Crippen LogP contribution in [-0.4, -0.2) is 13.2 Å². The van der Waals surface area contributed by atoms with E-state index in [0.29, 0.717) is 6.10 Å². The molecule has 0 spiro atoms. The summed E-state index contributed by atoms with van der Waals surface area (Å²) in [5, 5.41) is 0. The van der Waals surface area contributed by atoms with Crippen molar-refractivity contribution < 1.29 is 4.74 Å². The number of ether oxygens (including phenoxy) is 1. The number of hydrogen-bond donors (Lipinski definition) is 0. The van der Waals surface area contributed by atoms with Gasteiger partial charge in [-0.05, 0) is 131 Å². The summed E-state index contributed by atoms with van der Waals surface area (Å²) < 4.78 is 5.60. The fourth-order valence-electron chi connectivity index (χ4n) is 8.60. The van der Waals surface area contributed by atoms with E-state index in [-0.39, 0.29) is 0 Å². The van der Waals surface area contributed by atoms with Gasteiger partial charge in [-0.2, -0.15) is 0 Å². The normalized spacial score (nSPS) is 42.4. The molecule has 0 atom stereocenters. The van der Waals surface area contributed by atoms with Crippen molar-refractivity contribution in [3.05, 3.63) is 0 Å². The van der Waals surface area contributed by atoms with Gasteiger partial charge in [-0.1, -0.05) is 45.4 Å². The van der Waals surface area contributed by atoms with Crippen molar-refractivity contribution in [1.82, 2.24) is 0 Å². The summed E-state index contributed by atoms with van der Waals surface area (Å²) in [6.45, 7) is 2.34. The van der Waals surface area contributed by atoms with Crippen molar-refractivity contribution in [2.75, 3.05) is 7.11 Å². The SMILES string of the molecule is CCCCCC1CCC(C2CCC(C3CCC(C4CCC(OC)CC4)CC3)CC2)CC1. The number of unbranched alkanes of at least 4 members (excludes halogenated alkanes) is 2. The highest BCUT2D eigenvalue weighted by Crippen LogP contribution is 2.48. The molecule has 4 saturated carbocycles. The van der Waals surface area contributed by atoms with Gasteiger partial charge in [0.25, 0.3) is 0 Å². The largest absolute Gasteiger partial charge is 0.381 e. The minimum atomic E-state index is 0.568. The Morgan fingerprint density at radius 1 is 0.484 bits per heavy atom. The third-order valence-electron chi connectivity index (χ3n) is 10.8. The summed E-state index contributed by atoms with van der Waals surface area (Å²) >= 11 is 0. The molecule has 0 aliphatic heterocycles. The Morgan fingerprint density at radius 2 is 0.839 bits per heavy atom. The molecule has 31 heavy (non-hydrogen) atoms. The van der Waals surface area contributed by atoms with Crippen molar-refractivity contribution in [3.8, 4) is 0 Å². The molecule has 0 N–H and O–H groups in total. The first-order chi connectivity index (χ1) is 15.3. The molecule has 0 amide bonds. The first-order valence-corrected chi connectivity index (χ1v) is 14.8. The second-order valence-electron chi connectivity index (χ2n) is 12.4. The average molecular weight is 431 g/mol. The average Bonchev–Trinajstić information content (AvgIpc) is 2.85. The van der Waals surface area contributed by atoms with Crippen LogP contribution in [0.4, 0.5) is 0 Å². The molecule has 0 heterocycles. The Morgan fingerprint density at radius 3 is 1.19 bits per heavy atom. The van der Waals surface area contributed by atoms with Crippen LogP contribution in [0.15, 0.2) is 0 Å². The van der Waals surface area contributed by atoms with Gasteiger partial charge in [-0.25, -0.2) is 0 Å². The fourth-order valence-corrected chi connectivity index (χ4v) is 8.60. The lowest BCUT2D eigenvalue weighted by molar-refractivity contribution is 0.0345. The topological polar surface area (TPSA) is 9.23 Å². The van der Waals surface area contributed by atoms with Gasteiger partial charge in [0, 0.05) is 7.11 Å². The first kappa shape index (κ1) is 24.1. The highest BCUT2D eigenvalue weighted by Gasteiger charge is 2.36. The maximum absolute atomic E-state index is 5.60. The quantitative estimate of drug-likeness (QED) is 0.349. The van der Waals surface area contributed by atoms with E-state index >= 15 is 0 Å². The number of methoxy groups -OCH3 is 1. The smallest absolute Gasteiger partial charge is 0.0571 e. The Bertz CT molecular complexity index is 469. The lowest BCUT2D eigenvalue weighted by atomic mass is 9.63. The zero-order valence-electron chi connectivity index (χ0n) is 21.2. The summed E-state index contributed by atoms with van der Waals surface area (Å²) in [6.07, 6.45) is 30.8. The van der Waals surface area contributed by atoms with Crippen LogP contribution in [0, 0.1) is 41.4 Å². The molecule has 4 aliphatic carbocycles. The van der Waals surface area contributed by atoms with Gasteiger partial charge in [0.15, 0.2) is 0 Å². The van der Waals surface area contributed by atoms with E-state index < -0.39 is 0 Å². The summed E-state index contributed by atoms with van der Waals surface area (Å²) in [6, 6.07) is 0.